The number of halogens is 1. The van der Waals surface area contributed by atoms with Gasteiger partial charge in [-0.3, -0.25) is 9.59 Å². The molecule has 154 valence electrons. The Balaban J connectivity index is 1.80. The van der Waals surface area contributed by atoms with Crippen LogP contribution in [0.5, 0.6) is 0 Å². The Morgan fingerprint density at radius 1 is 1.17 bits per heavy atom. The lowest BCUT2D eigenvalue weighted by Gasteiger charge is -2.43. The molecule has 0 fully saturated rings. The molecule has 7 heteroatoms. The zero-order valence-electron chi connectivity index (χ0n) is 16.8. The van der Waals surface area contributed by atoms with Crippen molar-refractivity contribution in [3.8, 4) is 0 Å². The zero-order valence-corrected chi connectivity index (χ0v) is 17.5. The summed E-state index contributed by atoms with van der Waals surface area (Å²) in [7, 11) is 0. The lowest BCUT2D eigenvalue weighted by atomic mass is 9.89. The number of aromatic nitrogens is 1. The van der Waals surface area contributed by atoms with E-state index < -0.39 is 0 Å². The van der Waals surface area contributed by atoms with Crippen LogP contribution < -0.4 is 9.80 Å². The second-order valence-electron chi connectivity index (χ2n) is 7.30. The van der Waals surface area contributed by atoms with Gasteiger partial charge in [-0.25, -0.2) is 0 Å². The van der Waals surface area contributed by atoms with Crippen LogP contribution in [0.4, 0.5) is 11.4 Å². The van der Waals surface area contributed by atoms with E-state index in [-0.39, 0.29) is 29.7 Å². The summed E-state index contributed by atoms with van der Waals surface area (Å²) >= 11 is 6.06. The Hall–Kier alpha value is -3.12. The SMILES string of the molecule is CCC(=O)N(c1ccc(Cl)cc1)[C@H]1CC(C)N(C(=O)c2ccno2)c2ccccc21. The van der Waals surface area contributed by atoms with Gasteiger partial charge in [0.2, 0.25) is 11.7 Å². The van der Waals surface area contributed by atoms with E-state index in [9.17, 15) is 9.59 Å². The molecule has 3 aromatic rings. The summed E-state index contributed by atoms with van der Waals surface area (Å²) in [6, 6.07) is 16.2. The summed E-state index contributed by atoms with van der Waals surface area (Å²) in [6.07, 6.45) is 2.42. The van der Waals surface area contributed by atoms with E-state index in [0.717, 1.165) is 16.9 Å². The maximum absolute atomic E-state index is 13.1. The molecule has 1 aliphatic heterocycles. The maximum Gasteiger partial charge on any atom is 0.297 e. The molecule has 1 aromatic heterocycles. The molecule has 2 heterocycles. The van der Waals surface area contributed by atoms with Crippen LogP contribution in [-0.4, -0.2) is 23.0 Å². The van der Waals surface area contributed by atoms with E-state index in [0.29, 0.717) is 17.9 Å². The first-order valence-corrected chi connectivity index (χ1v) is 10.3. The van der Waals surface area contributed by atoms with Crippen molar-refractivity contribution in [3.05, 3.63) is 77.1 Å². The molecule has 6 nitrogen and oxygen atoms in total. The van der Waals surface area contributed by atoms with Crippen molar-refractivity contribution in [1.82, 2.24) is 5.16 Å². The highest BCUT2D eigenvalue weighted by Gasteiger charge is 2.39. The summed E-state index contributed by atoms with van der Waals surface area (Å²) in [5.74, 6) is -0.0422. The smallest absolute Gasteiger partial charge is 0.297 e. The van der Waals surface area contributed by atoms with Gasteiger partial charge in [-0.05, 0) is 49.2 Å². The van der Waals surface area contributed by atoms with Crippen LogP contribution in [0.15, 0.2) is 65.3 Å². The number of benzene rings is 2. The number of rotatable bonds is 4. The largest absolute Gasteiger partial charge is 0.351 e. The standard InChI is InChI=1S/C23H22ClN3O3/c1-3-22(28)27(17-10-8-16(24)9-11-17)20-14-15(2)26(19-7-5-4-6-18(19)20)23(29)21-12-13-25-30-21/h4-13,15,20H,3,14H2,1-2H3/t15?,20-/m0/s1. The number of carbonyl (C=O) groups is 2. The first-order chi connectivity index (χ1) is 14.5. The number of amides is 2. The second kappa shape index (κ2) is 8.32. The van der Waals surface area contributed by atoms with E-state index in [1.165, 1.54) is 6.20 Å². The molecule has 30 heavy (non-hydrogen) atoms. The van der Waals surface area contributed by atoms with Crippen molar-refractivity contribution < 1.29 is 14.1 Å². The fourth-order valence-corrected chi connectivity index (χ4v) is 4.18. The molecule has 0 saturated heterocycles. The van der Waals surface area contributed by atoms with Crippen molar-refractivity contribution in [3.63, 3.8) is 0 Å². The molecule has 4 rings (SSSR count). The molecule has 2 amide bonds. The fourth-order valence-electron chi connectivity index (χ4n) is 4.05. The molecule has 2 atom stereocenters. The van der Waals surface area contributed by atoms with Gasteiger partial charge in [0.05, 0.1) is 12.2 Å². The predicted octanol–water partition coefficient (Wildman–Crippen LogP) is 5.25. The van der Waals surface area contributed by atoms with Crippen molar-refractivity contribution in [2.75, 3.05) is 9.80 Å². The Morgan fingerprint density at radius 3 is 2.57 bits per heavy atom. The van der Waals surface area contributed by atoms with Gasteiger partial charge in [-0.15, -0.1) is 0 Å². The van der Waals surface area contributed by atoms with E-state index in [1.807, 2.05) is 55.1 Å². The van der Waals surface area contributed by atoms with Crippen molar-refractivity contribution in [2.45, 2.75) is 38.8 Å². The third-order valence-electron chi connectivity index (χ3n) is 5.42. The van der Waals surface area contributed by atoms with Gasteiger partial charge in [0, 0.05) is 34.9 Å². The normalized spacial score (nSPS) is 18.0. The summed E-state index contributed by atoms with van der Waals surface area (Å²) in [5.41, 5.74) is 2.47. The van der Waals surface area contributed by atoms with Gasteiger partial charge in [0.1, 0.15) is 0 Å². The number of hydrogen-bond acceptors (Lipinski definition) is 4. The van der Waals surface area contributed by atoms with Crippen LogP contribution in [0.3, 0.4) is 0 Å². The Kier molecular flexibility index (Phi) is 5.59. The summed E-state index contributed by atoms with van der Waals surface area (Å²) in [4.78, 5) is 29.7. The van der Waals surface area contributed by atoms with Gasteiger partial charge in [0.15, 0.2) is 0 Å². The van der Waals surface area contributed by atoms with Crippen molar-refractivity contribution >= 4 is 34.8 Å². The van der Waals surface area contributed by atoms with Crippen LogP contribution in [-0.2, 0) is 4.79 Å². The van der Waals surface area contributed by atoms with Crippen LogP contribution in [0, 0.1) is 0 Å². The topological polar surface area (TPSA) is 66.7 Å². The number of anilines is 2. The molecule has 0 aliphatic carbocycles. The van der Waals surface area contributed by atoms with Crippen LogP contribution in [0.2, 0.25) is 5.02 Å². The molecular weight excluding hydrogens is 402 g/mol. The quantitative estimate of drug-likeness (QED) is 0.574. The molecule has 0 saturated carbocycles. The molecule has 0 N–H and O–H groups in total. The van der Waals surface area contributed by atoms with E-state index >= 15 is 0 Å². The minimum absolute atomic E-state index is 0.0133. The van der Waals surface area contributed by atoms with Crippen molar-refractivity contribution in [2.24, 2.45) is 0 Å². The Labute approximate surface area is 180 Å². The first-order valence-electron chi connectivity index (χ1n) is 9.92. The lowest BCUT2D eigenvalue weighted by Crippen LogP contribution is -2.47. The first kappa shape index (κ1) is 20.2. The number of nitrogens with zero attached hydrogens (tertiary/aromatic N) is 3. The molecule has 1 unspecified atom stereocenters. The van der Waals surface area contributed by atoms with E-state index in [1.54, 1.807) is 23.1 Å². The van der Waals surface area contributed by atoms with Gasteiger partial charge in [0.25, 0.3) is 5.91 Å². The highest BCUT2D eigenvalue weighted by atomic mass is 35.5. The number of fused-ring (bicyclic) bond motifs is 1. The minimum Gasteiger partial charge on any atom is -0.351 e. The number of hydrogen-bond donors (Lipinski definition) is 0. The average Bonchev–Trinajstić information content (AvgIpc) is 3.30. The number of carbonyl (C=O) groups excluding carboxylic acids is 2. The fraction of sp³-hybridized carbons (Fsp3) is 0.261. The lowest BCUT2D eigenvalue weighted by molar-refractivity contribution is -0.118. The molecular formula is C23H22ClN3O3. The predicted molar refractivity (Wildman–Crippen MR) is 116 cm³/mol. The summed E-state index contributed by atoms with van der Waals surface area (Å²) in [6.45, 7) is 3.83. The monoisotopic (exact) mass is 423 g/mol. The average molecular weight is 424 g/mol. The van der Waals surface area contributed by atoms with Gasteiger partial charge in [-0.2, -0.15) is 0 Å². The van der Waals surface area contributed by atoms with Gasteiger partial charge >= 0.3 is 0 Å². The highest BCUT2D eigenvalue weighted by molar-refractivity contribution is 6.30. The molecule has 0 spiro atoms. The van der Waals surface area contributed by atoms with Crippen molar-refractivity contribution in [1.29, 1.82) is 0 Å². The Morgan fingerprint density at radius 2 is 1.90 bits per heavy atom. The highest BCUT2D eigenvalue weighted by Crippen LogP contribution is 2.43. The third kappa shape index (κ3) is 3.59. The molecule has 1 aliphatic rings. The Bertz CT molecular complexity index is 1050. The zero-order chi connectivity index (χ0) is 21.3. The summed E-state index contributed by atoms with van der Waals surface area (Å²) in [5, 5.41) is 4.27. The molecule has 0 bridgehead atoms. The van der Waals surface area contributed by atoms with Crippen LogP contribution >= 0.6 is 11.6 Å². The summed E-state index contributed by atoms with van der Waals surface area (Å²) < 4.78 is 5.10. The second-order valence-corrected chi connectivity index (χ2v) is 7.74. The molecule has 0 radical (unpaired) electrons. The van der Waals surface area contributed by atoms with Crippen LogP contribution in [0.1, 0.15) is 48.8 Å². The third-order valence-corrected chi connectivity index (χ3v) is 5.67. The van der Waals surface area contributed by atoms with Gasteiger partial charge in [-0.1, -0.05) is 41.9 Å². The number of para-hydroxylation sites is 1. The van der Waals surface area contributed by atoms with Gasteiger partial charge < -0.3 is 14.3 Å². The van der Waals surface area contributed by atoms with E-state index in [4.69, 9.17) is 16.1 Å². The van der Waals surface area contributed by atoms with Crippen LogP contribution in [0.25, 0.3) is 0 Å². The maximum atomic E-state index is 13.1. The van der Waals surface area contributed by atoms with E-state index in [2.05, 4.69) is 5.16 Å². The minimum atomic E-state index is -0.245. The molecule has 2 aromatic carbocycles.